The summed E-state index contributed by atoms with van der Waals surface area (Å²) >= 11 is 1.45. The molecule has 130 valence electrons. The molecule has 0 aliphatic carbocycles. The van der Waals surface area contributed by atoms with Gasteiger partial charge in [0.15, 0.2) is 5.13 Å². The minimum Gasteiger partial charge on any atom is -0.488 e. The van der Waals surface area contributed by atoms with E-state index in [-0.39, 0.29) is 5.91 Å². The van der Waals surface area contributed by atoms with E-state index >= 15 is 0 Å². The first-order valence-electron chi connectivity index (χ1n) is 7.84. The van der Waals surface area contributed by atoms with E-state index in [0.717, 1.165) is 21.8 Å². The molecule has 1 N–H and O–H groups in total. The number of aromatic nitrogens is 2. The normalized spacial score (nSPS) is 10.7. The monoisotopic (exact) mass is 357 g/mol. The first-order chi connectivity index (χ1) is 12.0. The minimum absolute atomic E-state index is 0.247. The molecule has 0 bridgehead atoms. The molecule has 0 aliphatic heterocycles. The number of ether oxygens (including phenoxy) is 1. The second-order valence-corrected chi connectivity index (χ2v) is 6.91. The summed E-state index contributed by atoms with van der Waals surface area (Å²) < 4.78 is 11.0. The summed E-state index contributed by atoms with van der Waals surface area (Å²) in [5, 5.41) is 7.33. The van der Waals surface area contributed by atoms with Crippen molar-refractivity contribution in [2.75, 3.05) is 5.32 Å². The Balaban J connectivity index is 1.77. The third-order valence-electron chi connectivity index (χ3n) is 3.93. The SMILES string of the molecule is Cc1nc(NC(=O)c2ccccc2OCc2c(C)noc2C)sc1C. The summed E-state index contributed by atoms with van der Waals surface area (Å²) in [5.74, 6) is 0.973. The number of carbonyl (C=O) groups excluding carboxylic acids is 1. The van der Waals surface area contributed by atoms with Crippen molar-refractivity contribution in [3.63, 3.8) is 0 Å². The van der Waals surface area contributed by atoms with Gasteiger partial charge in [0.2, 0.25) is 0 Å². The Kier molecular flexibility index (Phi) is 4.85. The molecule has 0 saturated carbocycles. The number of hydrogen-bond donors (Lipinski definition) is 1. The molecule has 0 unspecified atom stereocenters. The van der Waals surface area contributed by atoms with E-state index < -0.39 is 0 Å². The van der Waals surface area contributed by atoms with E-state index in [1.165, 1.54) is 11.3 Å². The molecule has 3 aromatic rings. The molecule has 0 atom stereocenters. The summed E-state index contributed by atoms with van der Waals surface area (Å²) in [6.45, 7) is 7.89. The van der Waals surface area contributed by atoms with Crippen molar-refractivity contribution in [1.29, 1.82) is 0 Å². The fourth-order valence-corrected chi connectivity index (χ4v) is 3.14. The van der Waals surface area contributed by atoms with Gasteiger partial charge in [-0.1, -0.05) is 17.3 Å². The molecule has 0 fully saturated rings. The Labute approximate surface area is 149 Å². The van der Waals surface area contributed by atoms with Crippen molar-refractivity contribution >= 4 is 22.4 Å². The molecule has 3 rings (SSSR count). The fourth-order valence-electron chi connectivity index (χ4n) is 2.33. The summed E-state index contributed by atoms with van der Waals surface area (Å²) in [6.07, 6.45) is 0. The zero-order valence-corrected chi connectivity index (χ0v) is 15.4. The molecule has 0 aliphatic rings. The van der Waals surface area contributed by atoms with Crippen LogP contribution in [-0.4, -0.2) is 16.0 Å². The predicted molar refractivity (Wildman–Crippen MR) is 96.3 cm³/mol. The summed E-state index contributed by atoms with van der Waals surface area (Å²) in [6, 6.07) is 7.13. The number of nitrogens with one attached hydrogen (secondary N) is 1. The van der Waals surface area contributed by atoms with Crippen molar-refractivity contribution < 1.29 is 14.1 Å². The van der Waals surface area contributed by atoms with Gasteiger partial charge in [-0.3, -0.25) is 10.1 Å². The van der Waals surface area contributed by atoms with Crippen molar-refractivity contribution in [1.82, 2.24) is 10.1 Å². The van der Waals surface area contributed by atoms with Crippen LogP contribution in [0.1, 0.15) is 37.9 Å². The van der Waals surface area contributed by atoms with Gasteiger partial charge in [0.05, 0.1) is 22.5 Å². The third kappa shape index (κ3) is 3.71. The number of anilines is 1. The van der Waals surface area contributed by atoms with Gasteiger partial charge in [0, 0.05) is 4.88 Å². The van der Waals surface area contributed by atoms with Crippen molar-refractivity contribution in [3.05, 3.63) is 57.4 Å². The van der Waals surface area contributed by atoms with Crippen LogP contribution in [-0.2, 0) is 6.61 Å². The predicted octanol–water partition coefficient (Wildman–Crippen LogP) is 4.20. The molecule has 6 nitrogen and oxygen atoms in total. The minimum atomic E-state index is -0.247. The average Bonchev–Trinajstić information content (AvgIpc) is 3.07. The maximum Gasteiger partial charge on any atom is 0.261 e. The molecular formula is C18H19N3O3S. The van der Waals surface area contributed by atoms with Crippen LogP contribution in [0.5, 0.6) is 5.75 Å². The third-order valence-corrected chi connectivity index (χ3v) is 4.92. The second-order valence-electron chi connectivity index (χ2n) is 5.70. The largest absolute Gasteiger partial charge is 0.488 e. The van der Waals surface area contributed by atoms with Gasteiger partial charge in [0.1, 0.15) is 18.1 Å². The Bertz CT molecular complexity index is 875. The van der Waals surface area contributed by atoms with E-state index in [2.05, 4.69) is 15.5 Å². The van der Waals surface area contributed by atoms with Gasteiger partial charge in [-0.15, -0.1) is 11.3 Å². The Morgan fingerprint density at radius 2 is 1.96 bits per heavy atom. The highest BCUT2D eigenvalue weighted by Crippen LogP contribution is 2.25. The van der Waals surface area contributed by atoms with E-state index in [1.807, 2.05) is 33.8 Å². The van der Waals surface area contributed by atoms with Crippen LogP contribution in [0.3, 0.4) is 0 Å². The highest BCUT2D eigenvalue weighted by Gasteiger charge is 2.16. The zero-order valence-electron chi connectivity index (χ0n) is 14.5. The number of amides is 1. The number of aryl methyl sites for hydroxylation is 4. The van der Waals surface area contributed by atoms with Crippen LogP contribution < -0.4 is 10.1 Å². The van der Waals surface area contributed by atoms with Crippen molar-refractivity contribution in [2.45, 2.75) is 34.3 Å². The lowest BCUT2D eigenvalue weighted by molar-refractivity contribution is 0.102. The molecule has 25 heavy (non-hydrogen) atoms. The summed E-state index contributed by atoms with van der Waals surface area (Å²) in [5.41, 5.74) is 3.05. The Hall–Kier alpha value is -2.67. The van der Waals surface area contributed by atoms with Gasteiger partial charge in [-0.2, -0.15) is 0 Å². The highest BCUT2D eigenvalue weighted by atomic mass is 32.1. The Morgan fingerprint density at radius 3 is 2.60 bits per heavy atom. The van der Waals surface area contributed by atoms with Gasteiger partial charge in [-0.05, 0) is 39.8 Å². The standard InChI is InChI=1S/C18H19N3O3S/c1-10-13(4)25-18(19-10)20-17(22)14-7-5-6-8-16(14)23-9-15-11(2)21-24-12(15)3/h5-8H,9H2,1-4H3,(H,19,20,22). The number of hydrogen-bond acceptors (Lipinski definition) is 6. The van der Waals surface area contributed by atoms with E-state index in [4.69, 9.17) is 9.26 Å². The first-order valence-corrected chi connectivity index (χ1v) is 8.66. The molecular weight excluding hydrogens is 338 g/mol. The van der Waals surface area contributed by atoms with Crippen LogP contribution in [0.2, 0.25) is 0 Å². The lowest BCUT2D eigenvalue weighted by atomic mass is 10.2. The van der Waals surface area contributed by atoms with Crippen LogP contribution >= 0.6 is 11.3 Å². The lowest BCUT2D eigenvalue weighted by Gasteiger charge is -2.10. The molecule has 0 saturated heterocycles. The van der Waals surface area contributed by atoms with Gasteiger partial charge >= 0.3 is 0 Å². The van der Waals surface area contributed by atoms with Gasteiger partial charge < -0.3 is 9.26 Å². The number of thiazole rings is 1. The highest BCUT2D eigenvalue weighted by molar-refractivity contribution is 7.15. The van der Waals surface area contributed by atoms with Gasteiger partial charge in [-0.25, -0.2) is 4.98 Å². The molecule has 7 heteroatoms. The van der Waals surface area contributed by atoms with Crippen LogP contribution in [0, 0.1) is 27.7 Å². The zero-order chi connectivity index (χ0) is 18.0. The Morgan fingerprint density at radius 1 is 1.20 bits per heavy atom. The molecule has 0 spiro atoms. The van der Waals surface area contributed by atoms with Crippen molar-refractivity contribution in [2.24, 2.45) is 0 Å². The summed E-state index contributed by atoms with van der Waals surface area (Å²) in [7, 11) is 0. The van der Waals surface area contributed by atoms with Crippen LogP contribution in [0.4, 0.5) is 5.13 Å². The molecule has 2 aromatic heterocycles. The number of para-hydroxylation sites is 1. The summed E-state index contributed by atoms with van der Waals surface area (Å²) in [4.78, 5) is 18.0. The van der Waals surface area contributed by atoms with E-state index in [1.54, 1.807) is 18.2 Å². The van der Waals surface area contributed by atoms with Crippen LogP contribution in [0.15, 0.2) is 28.8 Å². The maximum absolute atomic E-state index is 12.6. The van der Waals surface area contributed by atoms with Gasteiger partial charge in [0.25, 0.3) is 5.91 Å². The topological polar surface area (TPSA) is 77.2 Å². The first kappa shape index (κ1) is 17.2. The lowest BCUT2D eigenvalue weighted by Crippen LogP contribution is -2.13. The molecule has 1 aromatic carbocycles. The molecule has 0 radical (unpaired) electrons. The maximum atomic E-state index is 12.6. The van der Waals surface area contributed by atoms with E-state index in [9.17, 15) is 4.79 Å². The van der Waals surface area contributed by atoms with Crippen molar-refractivity contribution in [3.8, 4) is 5.75 Å². The number of rotatable bonds is 5. The fraction of sp³-hybridized carbons (Fsp3) is 0.278. The average molecular weight is 357 g/mol. The molecule has 2 heterocycles. The smallest absolute Gasteiger partial charge is 0.261 e. The molecule has 1 amide bonds. The van der Waals surface area contributed by atoms with Crippen LogP contribution in [0.25, 0.3) is 0 Å². The van der Waals surface area contributed by atoms with E-state index in [0.29, 0.717) is 28.8 Å². The quantitative estimate of drug-likeness (QED) is 0.740. The second kappa shape index (κ2) is 7.06. The number of carbonyl (C=O) groups is 1. The number of nitrogens with zero attached hydrogens (tertiary/aromatic N) is 2. The number of benzene rings is 1.